The molecule has 0 radical (unpaired) electrons. The molecule has 5 nitrogen and oxygen atoms in total. The number of benzene rings is 2. The molecule has 0 fully saturated rings. The summed E-state index contributed by atoms with van der Waals surface area (Å²) in [5.41, 5.74) is 0.899. The van der Waals surface area contributed by atoms with Crippen LogP contribution >= 0.6 is 27.5 Å². The number of carbonyl (C=O) groups is 2. The number of halogens is 2. The summed E-state index contributed by atoms with van der Waals surface area (Å²) >= 11 is 9.36. The van der Waals surface area contributed by atoms with E-state index in [9.17, 15) is 9.59 Å². The Labute approximate surface area is 191 Å². The lowest BCUT2D eigenvalue weighted by Gasteiger charge is -2.30. The fourth-order valence-electron chi connectivity index (χ4n) is 2.97. The third-order valence-electron chi connectivity index (χ3n) is 4.66. The lowest BCUT2D eigenvalue weighted by atomic mass is 10.1. The summed E-state index contributed by atoms with van der Waals surface area (Å²) < 4.78 is 6.60. The van der Waals surface area contributed by atoms with Gasteiger partial charge >= 0.3 is 0 Å². The van der Waals surface area contributed by atoms with E-state index in [0.29, 0.717) is 30.3 Å². The third-order valence-corrected chi connectivity index (χ3v) is 5.44. The Morgan fingerprint density at radius 2 is 1.77 bits per heavy atom. The normalized spacial score (nSPS) is 11.6. The Balaban J connectivity index is 2.15. The zero-order valence-electron chi connectivity index (χ0n) is 17.4. The molecule has 0 heterocycles. The van der Waals surface area contributed by atoms with Crippen LogP contribution in [0, 0.1) is 0 Å². The molecule has 162 valence electrons. The maximum absolute atomic E-state index is 13.1. The number of amides is 2. The molecule has 0 saturated heterocycles. The molecule has 0 aliphatic carbocycles. The summed E-state index contributed by atoms with van der Waals surface area (Å²) in [6.07, 6.45) is 2.40. The Morgan fingerprint density at radius 3 is 2.37 bits per heavy atom. The average Bonchev–Trinajstić information content (AvgIpc) is 2.74. The SMILES string of the molecule is CCCCNC(=O)C(CC)N(Cc1ccc(Cl)cc1)C(=O)COc1ccc(Br)cc1. The first-order valence-corrected chi connectivity index (χ1v) is 11.3. The van der Waals surface area contributed by atoms with Crippen LogP contribution < -0.4 is 10.1 Å². The van der Waals surface area contributed by atoms with Gasteiger partial charge in [0.05, 0.1) is 0 Å². The second kappa shape index (κ2) is 12.6. The molecular weight excluding hydrogens is 468 g/mol. The number of rotatable bonds is 11. The van der Waals surface area contributed by atoms with Crippen LogP contribution in [0.5, 0.6) is 5.75 Å². The summed E-state index contributed by atoms with van der Waals surface area (Å²) in [6, 6.07) is 14.0. The molecular formula is C23H28BrClN2O3. The molecule has 1 atom stereocenters. The molecule has 1 unspecified atom stereocenters. The predicted octanol–water partition coefficient (Wildman–Crippen LogP) is 5.21. The summed E-state index contributed by atoms with van der Waals surface area (Å²) in [4.78, 5) is 27.4. The molecule has 0 bridgehead atoms. The fraction of sp³-hybridized carbons (Fsp3) is 0.391. The Kier molecular flexibility index (Phi) is 10.2. The maximum Gasteiger partial charge on any atom is 0.261 e. The van der Waals surface area contributed by atoms with Gasteiger partial charge in [0, 0.05) is 22.6 Å². The third kappa shape index (κ3) is 7.65. The van der Waals surface area contributed by atoms with Crippen molar-refractivity contribution in [2.45, 2.75) is 45.7 Å². The summed E-state index contributed by atoms with van der Waals surface area (Å²) in [5.74, 6) is 0.209. The van der Waals surface area contributed by atoms with Crippen molar-refractivity contribution < 1.29 is 14.3 Å². The number of nitrogens with one attached hydrogen (secondary N) is 1. The molecule has 30 heavy (non-hydrogen) atoms. The Bertz CT molecular complexity index is 812. The minimum Gasteiger partial charge on any atom is -0.484 e. The highest BCUT2D eigenvalue weighted by Gasteiger charge is 2.28. The zero-order valence-corrected chi connectivity index (χ0v) is 19.7. The van der Waals surface area contributed by atoms with Crippen molar-refractivity contribution in [1.82, 2.24) is 10.2 Å². The second-order valence-electron chi connectivity index (χ2n) is 6.96. The highest BCUT2D eigenvalue weighted by atomic mass is 79.9. The quantitative estimate of drug-likeness (QED) is 0.436. The van der Waals surface area contributed by atoms with E-state index in [2.05, 4.69) is 28.2 Å². The Morgan fingerprint density at radius 1 is 1.10 bits per heavy atom. The first kappa shape index (κ1) is 24.2. The molecule has 0 saturated carbocycles. The van der Waals surface area contributed by atoms with Gasteiger partial charge in [0.25, 0.3) is 5.91 Å². The van der Waals surface area contributed by atoms with Gasteiger partial charge in [0.1, 0.15) is 11.8 Å². The van der Waals surface area contributed by atoms with E-state index in [0.717, 1.165) is 22.9 Å². The minimum absolute atomic E-state index is 0.142. The first-order chi connectivity index (χ1) is 14.4. The molecule has 2 aromatic rings. The van der Waals surface area contributed by atoms with Crippen molar-refractivity contribution in [3.05, 3.63) is 63.6 Å². The second-order valence-corrected chi connectivity index (χ2v) is 8.31. The number of nitrogens with zero attached hydrogens (tertiary/aromatic N) is 1. The maximum atomic E-state index is 13.1. The molecule has 0 aromatic heterocycles. The number of ether oxygens (including phenoxy) is 1. The molecule has 0 aliphatic rings. The Hall–Kier alpha value is -2.05. The van der Waals surface area contributed by atoms with Crippen LogP contribution in [0.4, 0.5) is 0 Å². The van der Waals surface area contributed by atoms with Crippen LogP contribution in [-0.4, -0.2) is 35.9 Å². The van der Waals surface area contributed by atoms with E-state index >= 15 is 0 Å². The van der Waals surface area contributed by atoms with E-state index in [-0.39, 0.29) is 18.4 Å². The van der Waals surface area contributed by atoms with Gasteiger partial charge in [-0.05, 0) is 54.8 Å². The van der Waals surface area contributed by atoms with Crippen molar-refractivity contribution in [1.29, 1.82) is 0 Å². The van der Waals surface area contributed by atoms with Crippen LogP contribution in [0.25, 0.3) is 0 Å². The predicted molar refractivity (Wildman–Crippen MR) is 124 cm³/mol. The smallest absolute Gasteiger partial charge is 0.261 e. The van der Waals surface area contributed by atoms with Gasteiger partial charge in [-0.15, -0.1) is 0 Å². The van der Waals surface area contributed by atoms with Gasteiger partial charge in [-0.3, -0.25) is 9.59 Å². The van der Waals surface area contributed by atoms with Gasteiger partial charge in [-0.25, -0.2) is 0 Å². The van der Waals surface area contributed by atoms with Gasteiger partial charge in [-0.1, -0.05) is 59.9 Å². The van der Waals surface area contributed by atoms with Gasteiger partial charge in [0.15, 0.2) is 6.61 Å². The van der Waals surface area contributed by atoms with Crippen LogP contribution in [0.2, 0.25) is 5.02 Å². The van der Waals surface area contributed by atoms with Crippen LogP contribution in [0.15, 0.2) is 53.0 Å². The average molecular weight is 496 g/mol. The van der Waals surface area contributed by atoms with Crippen molar-refractivity contribution in [2.24, 2.45) is 0 Å². The van der Waals surface area contributed by atoms with E-state index in [4.69, 9.17) is 16.3 Å². The first-order valence-electron chi connectivity index (χ1n) is 10.1. The molecule has 7 heteroatoms. The molecule has 0 aliphatic heterocycles. The number of hydrogen-bond acceptors (Lipinski definition) is 3. The number of hydrogen-bond donors (Lipinski definition) is 1. The standard InChI is InChI=1S/C23H28BrClN2O3/c1-3-5-14-26-23(29)21(4-2)27(15-17-6-10-19(25)11-7-17)22(28)16-30-20-12-8-18(24)9-13-20/h6-13,21H,3-5,14-16H2,1-2H3,(H,26,29). The largest absolute Gasteiger partial charge is 0.484 e. The van der Waals surface area contributed by atoms with Crippen molar-refractivity contribution >= 4 is 39.3 Å². The monoisotopic (exact) mass is 494 g/mol. The number of carbonyl (C=O) groups excluding carboxylic acids is 2. The van der Waals surface area contributed by atoms with E-state index in [1.165, 1.54) is 0 Å². The summed E-state index contributed by atoms with van der Waals surface area (Å²) in [5, 5.41) is 3.57. The van der Waals surface area contributed by atoms with Crippen molar-refractivity contribution in [2.75, 3.05) is 13.2 Å². The molecule has 2 aromatic carbocycles. The lowest BCUT2D eigenvalue weighted by molar-refractivity contribution is -0.143. The summed E-state index contributed by atoms with van der Waals surface area (Å²) in [6.45, 7) is 4.73. The topological polar surface area (TPSA) is 58.6 Å². The molecule has 1 N–H and O–H groups in total. The highest BCUT2D eigenvalue weighted by Crippen LogP contribution is 2.18. The summed E-state index contributed by atoms with van der Waals surface area (Å²) in [7, 11) is 0. The molecule has 2 amide bonds. The molecule has 0 spiro atoms. The molecule has 2 rings (SSSR count). The zero-order chi connectivity index (χ0) is 21.9. The van der Waals surface area contributed by atoms with Gasteiger partial charge in [-0.2, -0.15) is 0 Å². The van der Waals surface area contributed by atoms with Crippen LogP contribution in [0.3, 0.4) is 0 Å². The van der Waals surface area contributed by atoms with Crippen LogP contribution in [0.1, 0.15) is 38.7 Å². The van der Waals surface area contributed by atoms with Gasteiger partial charge < -0.3 is 15.0 Å². The van der Waals surface area contributed by atoms with Crippen molar-refractivity contribution in [3.63, 3.8) is 0 Å². The number of unbranched alkanes of at least 4 members (excludes halogenated alkanes) is 1. The fourth-order valence-corrected chi connectivity index (χ4v) is 3.36. The minimum atomic E-state index is -0.571. The van der Waals surface area contributed by atoms with Gasteiger partial charge in [0.2, 0.25) is 5.91 Å². The van der Waals surface area contributed by atoms with Crippen molar-refractivity contribution in [3.8, 4) is 5.75 Å². The van der Waals surface area contributed by atoms with E-state index < -0.39 is 6.04 Å². The van der Waals surface area contributed by atoms with E-state index in [1.54, 1.807) is 29.2 Å². The van der Waals surface area contributed by atoms with Crippen LogP contribution in [-0.2, 0) is 16.1 Å². The lowest BCUT2D eigenvalue weighted by Crippen LogP contribution is -2.50. The van der Waals surface area contributed by atoms with E-state index in [1.807, 2.05) is 31.2 Å². The highest BCUT2D eigenvalue weighted by molar-refractivity contribution is 9.10.